The van der Waals surface area contributed by atoms with Crippen molar-refractivity contribution < 1.29 is 9.90 Å². The summed E-state index contributed by atoms with van der Waals surface area (Å²) in [6.07, 6.45) is 3.38. The second-order valence-electron chi connectivity index (χ2n) is 4.25. The van der Waals surface area contributed by atoms with Gasteiger partial charge in [-0.15, -0.1) is 0 Å². The molecule has 1 aliphatic heterocycles. The number of hydrogen-bond donors (Lipinski definition) is 2. The van der Waals surface area contributed by atoms with Crippen molar-refractivity contribution in [2.75, 3.05) is 20.1 Å². The molecule has 0 bridgehead atoms. The van der Waals surface area contributed by atoms with Crippen LogP contribution in [0.2, 0.25) is 0 Å². The van der Waals surface area contributed by atoms with E-state index in [0.717, 1.165) is 19.3 Å². The zero-order valence-electron chi connectivity index (χ0n) is 9.70. The van der Waals surface area contributed by atoms with Crippen molar-refractivity contribution in [2.45, 2.75) is 44.8 Å². The van der Waals surface area contributed by atoms with Crippen LogP contribution in [0.25, 0.3) is 0 Å². The Bertz CT molecular complexity index is 209. The van der Waals surface area contributed by atoms with Crippen LogP contribution < -0.4 is 5.32 Å². The van der Waals surface area contributed by atoms with Gasteiger partial charge in [0.1, 0.15) is 0 Å². The number of nitrogens with zero attached hydrogens (tertiary/aromatic N) is 1. The number of rotatable bonds is 5. The maximum absolute atomic E-state index is 11.7. The van der Waals surface area contributed by atoms with Gasteiger partial charge in [0.25, 0.3) is 0 Å². The molecule has 0 radical (unpaired) electrons. The number of β-amino-alcohol motifs (C(OH)–C–C–N with tert-alkyl or cyclic N) is 1. The minimum absolute atomic E-state index is 0.0425. The van der Waals surface area contributed by atoms with E-state index in [1.165, 1.54) is 0 Å². The average Bonchev–Trinajstić information content (AvgIpc) is 2.63. The highest BCUT2D eigenvalue weighted by Gasteiger charge is 2.30. The first-order chi connectivity index (χ1) is 7.16. The average molecular weight is 214 g/mol. The molecule has 15 heavy (non-hydrogen) atoms. The number of unbranched alkanes of at least 4 members (excludes halogenated alkanes) is 2. The summed E-state index contributed by atoms with van der Waals surface area (Å²) >= 11 is 0. The molecule has 4 nitrogen and oxygen atoms in total. The third-order valence-corrected chi connectivity index (χ3v) is 3.04. The van der Waals surface area contributed by atoms with Gasteiger partial charge in [-0.1, -0.05) is 19.8 Å². The second kappa shape index (κ2) is 6.08. The molecule has 1 heterocycles. The molecule has 0 spiro atoms. The summed E-state index contributed by atoms with van der Waals surface area (Å²) in [7, 11) is 1.79. The molecule has 0 saturated carbocycles. The van der Waals surface area contributed by atoms with Crippen molar-refractivity contribution >= 4 is 5.91 Å². The van der Waals surface area contributed by atoms with Gasteiger partial charge in [0.15, 0.2) is 0 Å². The molecule has 1 saturated heterocycles. The number of aliphatic hydroxyl groups is 1. The molecule has 1 fully saturated rings. The molecule has 2 atom stereocenters. The lowest BCUT2D eigenvalue weighted by Gasteiger charge is -2.26. The zero-order valence-corrected chi connectivity index (χ0v) is 9.70. The lowest BCUT2D eigenvalue weighted by molar-refractivity contribution is -0.133. The SMILES string of the molecule is CCCCCC(=O)N(C)[C@H]1CNC[C@@H]1O. The minimum atomic E-state index is -0.412. The fourth-order valence-electron chi connectivity index (χ4n) is 1.93. The third kappa shape index (κ3) is 3.47. The summed E-state index contributed by atoms with van der Waals surface area (Å²) < 4.78 is 0. The van der Waals surface area contributed by atoms with Gasteiger partial charge in [-0.3, -0.25) is 4.79 Å². The second-order valence-corrected chi connectivity index (χ2v) is 4.25. The van der Waals surface area contributed by atoms with Crippen molar-refractivity contribution in [3.63, 3.8) is 0 Å². The monoisotopic (exact) mass is 214 g/mol. The number of carbonyl (C=O) groups is 1. The standard InChI is InChI=1S/C11H22N2O2/c1-3-4-5-6-11(15)13(2)9-7-12-8-10(9)14/h9-10,12,14H,3-8H2,1-2H3/t9-,10-/m0/s1. The quantitative estimate of drug-likeness (QED) is 0.650. The van der Waals surface area contributed by atoms with Gasteiger partial charge < -0.3 is 15.3 Å². The highest BCUT2D eigenvalue weighted by molar-refractivity contribution is 5.76. The van der Waals surface area contributed by atoms with Crippen LogP contribution >= 0.6 is 0 Å². The summed E-state index contributed by atoms with van der Waals surface area (Å²) in [5, 5.41) is 12.7. The van der Waals surface area contributed by atoms with Crippen LogP contribution in [0.4, 0.5) is 0 Å². The first-order valence-corrected chi connectivity index (χ1v) is 5.81. The smallest absolute Gasteiger partial charge is 0.222 e. The molecule has 88 valence electrons. The van der Waals surface area contributed by atoms with Crippen molar-refractivity contribution in [2.24, 2.45) is 0 Å². The van der Waals surface area contributed by atoms with Crippen molar-refractivity contribution in [1.82, 2.24) is 10.2 Å². The molecular weight excluding hydrogens is 192 g/mol. The van der Waals surface area contributed by atoms with Crippen LogP contribution in [0.3, 0.4) is 0 Å². The third-order valence-electron chi connectivity index (χ3n) is 3.04. The lowest BCUT2D eigenvalue weighted by Crippen LogP contribution is -2.44. The lowest BCUT2D eigenvalue weighted by atomic mass is 10.1. The van der Waals surface area contributed by atoms with Gasteiger partial charge in [0.2, 0.25) is 5.91 Å². The Kier molecular flexibility index (Phi) is 5.05. The molecule has 0 unspecified atom stereocenters. The first-order valence-electron chi connectivity index (χ1n) is 5.81. The van der Waals surface area contributed by atoms with Crippen LogP contribution in [-0.4, -0.2) is 48.2 Å². The Morgan fingerprint density at radius 3 is 2.73 bits per heavy atom. The molecule has 0 aromatic heterocycles. The maximum Gasteiger partial charge on any atom is 0.222 e. The molecule has 1 aliphatic rings. The number of likely N-dealkylation sites (N-methyl/N-ethyl adjacent to an activating group) is 1. The Morgan fingerprint density at radius 2 is 2.20 bits per heavy atom. The van der Waals surface area contributed by atoms with Crippen LogP contribution in [0.1, 0.15) is 32.6 Å². The Hall–Kier alpha value is -0.610. The fraction of sp³-hybridized carbons (Fsp3) is 0.909. The number of nitrogens with one attached hydrogen (secondary N) is 1. The van der Waals surface area contributed by atoms with Gasteiger partial charge in [-0.25, -0.2) is 0 Å². The predicted molar refractivity (Wildman–Crippen MR) is 59.6 cm³/mol. The van der Waals surface area contributed by atoms with E-state index >= 15 is 0 Å². The van der Waals surface area contributed by atoms with Gasteiger partial charge in [0, 0.05) is 26.6 Å². The summed E-state index contributed by atoms with van der Waals surface area (Å²) in [5.74, 6) is 0.149. The molecule has 0 aromatic rings. The van der Waals surface area contributed by atoms with E-state index in [1.54, 1.807) is 11.9 Å². The fourth-order valence-corrected chi connectivity index (χ4v) is 1.93. The molecule has 1 amide bonds. The topological polar surface area (TPSA) is 52.6 Å². The van der Waals surface area contributed by atoms with E-state index in [-0.39, 0.29) is 11.9 Å². The molecule has 0 aromatic carbocycles. The van der Waals surface area contributed by atoms with Gasteiger partial charge in [0.05, 0.1) is 12.1 Å². The number of aliphatic hydroxyl groups excluding tert-OH is 1. The van der Waals surface area contributed by atoms with Gasteiger partial charge in [-0.2, -0.15) is 0 Å². The molecular formula is C11H22N2O2. The predicted octanol–water partition coefficient (Wildman–Crippen LogP) is 0.358. The molecule has 0 aliphatic carbocycles. The van der Waals surface area contributed by atoms with E-state index in [9.17, 15) is 9.90 Å². The summed E-state index contributed by atoms with van der Waals surface area (Å²) in [6.45, 7) is 3.42. The van der Waals surface area contributed by atoms with Crippen LogP contribution in [0.15, 0.2) is 0 Å². The van der Waals surface area contributed by atoms with Crippen molar-refractivity contribution in [3.8, 4) is 0 Å². The van der Waals surface area contributed by atoms with E-state index in [2.05, 4.69) is 12.2 Å². The Morgan fingerprint density at radius 1 is 1.47 bits per heavy atom. The van der Waals surface area contributed by atoms with Gasteiger partial charge in [-0.05, 0) is 6.42 Å². The number of amides is 1. The summed E-state index contributed by atoms with van der Waals surface area (Å²) in [6, 6.07) is -0.0425. The van der Waals surface area contributed by atoms with Gasteiger partial charge >= 0.3 is 0 Å². The van der Waals surface area contributed by atoms with E-state index < -0.39 is 6.10 Å². The molecule has 1 rings (SSSR count). The largest absolute Gasteiger partial charge is 0.390 e. The van der Waals surface area contributed by atoms with Crippen LogP contribution in [0.5, 0.6) is 0 Å². The van der Waals surface area contributed by atoms with Crippen LogP contribution in [0, 0.1) is 0 Å². The molecule has 4 heteroatoms. The normalized spacial score (nSPS) is 25.5. The van der Waals surface area contributed by atoms with Crippen molar-refractivity contribution in [3.05, 3.63) is 0 Å². The van der Waals surface area contributed by atoms with E-state index in [1.807, 2.05) is 0 Å². The number of carbonyl (C=O) groups excluding carboxylic acids is 1. The molecule has 2 N–H and O–H groups in total. The number of hydrogen-bond acceptors (Lipinski definition) is 3. The van der Waals surface area contributed by atoms with E-state index in [0.29, 0.717) is 19.5 Å². The van der Waals surface area contributed by atoms with Crippen molar-refractivity contribution in [1.29, 1.82) is 0 Å². The zero-order chi connectivity index (χ0) is 11.3. The Labute approximate surface area is 91.6 Å². The minimum Gasteiger partial charge on any atom is -0.390 e. The van der Waals surface area contributed by atoms with E-state index in [4.69, 9.17) is 0 Å². The highest BCUT2D eigenvalue weighted by atomic mass is 16.3. The Balaban J connectivity index is 2.31. The van der Waals surface area contributed by atoms with Crippen LogP contribution in [-0.2, 0) is 4.79 Å². The summed E-state index contributed by atoms with van der Waals surface area (Å²) in [4.78, 5) is 13.4. The maximum atomic E-state index is 11.7. The summed E-state index contributed by atoms with van der Waals surface area (Å²) in [5.41, 5.74) is 0. The highest BCUT2D eigenvalue weighted by Crippen LogP contribution is 2.10. The first kappa shape index (κ1) is 12.5.